The van der Waals surface area contributed by atoms with Crippen LogP contribution in [0.2, 0.25) is 0 Å². The Kier molecular flexibility index (Phi) is 3.85. The van der Waals surface area contributed by atoms with Crippen molar-refractivity contribution in [3.05, 3.63) is 0 Å². The summed E-state index contributed by atoms with van der Waals surface area (Å²) in [5.74, 6) is 0.707. The lowest BCUT2D eigenvalue weighted by atomic mass is 9.84. The highest BCUT2D eigenvalue weighted by molar-refractivity contribution is 5.91. The Morgan fingerprint density at radius 1 is 1.21 bits per heavy atom. The molecule has 0 bridgehead atoms. The first kappa shape index (κ1) is 11.4. The van der Waals surface area contributed by atoms with E-state index in [0.717, 1.165) is 19.3 Å². The average molecular weight is 196 g/mol. The van der Waals surface area contributed by atoms with E-state index in [1.54, 1.807) is 0 Å². The molecule has 0 radical (unpaired) electrons. The van der Waals surface area contributed by atoms with Crippen molar-refractivity contribution in [3.63, 3.8) is 0 Å². The van der Waals surface area contributed by atoms with E-state index in [9.17, 15) is 9.59 Å². The minimum absolute atomic E-state index is 0.0300. The predicted molar refractivity (Wildman–Crippen MR) is 56.0 cm³/mol. The Labute approximate surface area is 86.1 Å². The fourth-order valence-electron chi connectivity index (χ4n) is 2.38. The summed E-state index contributed by atoms with van der Waals surface area (Å²) in [6, 6.07) is 0. The largest absolute Gasteiger partial charge is 0.299 e. The van der Waals surface area contributed by atoms with Crippen LogP contribution < -0.4 is 0 Å². The lowest BCUT2D eigenvalue weighted by molar-refractivity contribution is -0.132. The van der Waals surface area contributed by atoms with Gasteiger partial charge < -0.3 is 0 Å². The Bertz CT molecular complexity index is 230. The molecule has 1 aliphatic rings. The summed E-state index contributed by atoms with van der Waals surface area (Å²) in [4.78, 5) is 23.4. The first-order valence-corrected chi connectivity index (χ1v) is 5.64. The van der Waals surface area contributed by atoms with Crippen molar-refractivity contribution in [2.45, 2.75) is 46.5 Å². The topological polar surface area (TPSA) is 34.1 Å². The molecule has 0 saturated heterocycles. The number of carbonyl (C=O) groups excluding carboxylic acids is 2. The first-order chi connectivity index (χ1) is 6.57. The normalized spacial score (nSPS) is 26.9. The third kappa shape index (κ3) is 2.23. The molecule has 1 aliphatic carbocycles. The SMILES string of the molecule is CCC(=O)C1CCCC1C(=O)C(C)C. The zero-order valence-corrected chi connectivity index (χ0v) is 9.38. The van der Waals surface area contributed by atoms with E-state index in [0.29, 0.717) is 6.42 Å². The van der Waals surface area contributed by atoms with Gasteiger partial charge in [0.05, 0.1) is 0 Å². The lowest BCUT2D eigenvalue weighted by Gasteiger charge is -2.18. The standard InChI is InChI=1S/C12H20O2/c1-4-11(13)9-6-5-7-10(9)12(14)8(2)3/h8-10H,4-7H2,1-3H3. The second kappa shape index (κ2) is 4.72. The number of hydrogen-bond acceptors (Lipinski definition) is 2. The van der Waals surface area contributed by atoms with Gasteiger partial charge in [0.25, 0.3) is 0 Å². The van der Waals surface area contributed by atoms with E-state index in [1.807, 2.05) is 20.8 Å². The van der Waals surface area contributed by atoms with Crippen molar-refractivity contribution in [3.8, 4) is 0 Å². The zero-order valence-electron chi connectivity index (χ0n) is 9.38. The maximum absolute atomic E-state index is 11.8. The molecular weight excluding hydrogens is 176 g/mol. The van der Waals surface area contributed by atoms with Crippen molar-refractivity contribution in [2.75, 3.05) is 0 Å². The van der Waals surface area contributed by atoms with Crippen molar-refractivity contribution in [1.82, 2.24) is 0 Å². The van der Waals surface area contributed by atoms with E-state index >= 15 is 0 Å². The third-order valence-electron chi connectivity index (χ3n) is 3.21. The molecule has 2 atom stereocenters. The fraction of sp³-hybridized carbons (Fsp3) is 0.833. The van der Waals surface area contributed by atoms with Crippen LogP contribution in [0, 0.1) is 17.8 Å². The molecule has 80 valence electrons. The molecule has 2 nitrogen and oxygen atoms in total. The van der Waals surface area contributed by atoms with Gasteiger partial charge in [0.15, 0.2) is 0 Å². The summed E-state index contributed by atoms with van der Waals surface area (Å²) in [5.41, 5.74) is 0. The van der Waals surface area contributed by atoms with Gasteiger partial charge in [-0.05, 0) is 12.8 Å². The molecule has 2 heteroatoms. The van der Waals surface area contributed by atoms with Crippen molar-refractivity contribution in [1.29, 1.82) is 0 Å². The number of rotatable bonds is 4. The second-order valence-corrected chi connectivity index (χ2v) is 4.52. The zero-order chi connectivity index (χ0) is 10.7. The molecule has 14 heavy (non-hydrogen) atoms. The Balaban J connectivity index is 2.68. The summed E-state index contributed by atoms with van der Waals surface area (Å²) in [5, 5.41) is 0. The highest BCUT2D eigenvalue weighted by Crippen LogP contribution is 2.35. The van der Waals surface area contributed by atoms with Gasteiger partial charge in [-0.15, -0.1) is 0 Å². The highest BCUT2D eigenvalue weighted by atomic mass is 16.1. The van der Waals surface area contributed by atoms with Crippen molar-refractivity contribution >= 4 is 11.6 Å². The first-order valence-electron chi connectivity index (χ1n) is 5.64. The summed E-state index contributed by atoms with van der Waals surface area (Å²) < 4.78 is 0. The molecule has 2 unspecified atom stereocenters. The molecule has 1 saturated carbocycles. The van der Waals surface area contributed by atoms with Gasteiger partial charge in [0.2, 0.25) is 0 Å². The lowest BCUT2D eigenvalue weighted by Crippen LogP contribution is -2.28. The van der Waals surface area contributed by atoms with Crippen LogP contribution in [-0.2, 0) is 9.59 Å². The smallest absolute Gasteiger partial charge is 0.139 e. The molecule has 0 amide bonds. The molecule has 0 aromatic carbocycles. The van der Waals surface area contributed by atoms with Crippen molar-refractivity contribution in [2.24, 2.45) is 17.8 Å². The van der Waals surface area contributed by atoms with Crippen LogP contribution in [0.25, 0.3) is 0 Å². The van der Waals surface area contributed by atoms with Gasteiger partial charge in [-0.2, -0.15) is 0 Å². The molecule has 1 fully saturated rings. The van der Waals surface area contributed by atoms with Crippen LogP contribution in [-0.4, -0.2) is 11.6 Å². The van der Waals surface area contributed by atoms with Crippen molar-refractivity contribution < 1.29 is 9.59 Å². The minimum Gasteiger partial charge on any atom is -0.299 e. The summed E-state index contributed by atoms with van der Waals surface area (Å²) in [6.07, 6.45) is 3.47. The van der Waals surface area contributed by atoms with Gasteiger partial charge in [-0.1, -0.05) is 27.2 Å². The van der Waals surface area contributed by atoms with Gasteiger partial charge in [0, 0.05) is 24.2 Å². The Morgan fingerprint density at radius 3 is 2.29 bits per heavy atom. The van der Waals surface area contributed by atoms with Crippen LogP contribution in [0.15, 0.2) is 0 Å². The van der Waals surface area contributed by atoms with Gasteiger partial charge in [-0.25, -0.2) is 0 Å². The van der Waals surface area contributed by atoms with E-state index in [4.69, 9.17) is 0 Å². The summed E-state index contributed by atoms with van der Waals surface area (Å²) >= 11 is 0. The van der Waals surface area contributed by atoms with E-state index in [-0.39, 0.29) is 29.3 Å². The molecule has 0 heterocycles. The molecule has 0 aromatic rings. The predicted octanol–water partition coefficient (Wildman–Crippen LogP) is 2.61. The van der Waals surface area contributed by atoms with E-state index < -0.39 is 0 Å². The number of ketones is 2. The molecule has 0 aliphatic heterocycles. The highest BCUT2D eigenvalue weighted by Gasteiger charge is 2.37. The van der Waals surface area contributed by atoms with E-state index in [1.165, 1.54) is 0 Å². The molecule has 0 N–H and O–H groups in total. The minimum atomic E-state index is 0.0300. The average Bonchev–Trinajstić information content (AvgIpc) is 2.63. The Morgan fingerprint density at radius 2 is 1.79 bits per heavy atom. The summed E-state index contributed by atoms with van der Waals surface area (Å²) in [6.45, 7) is 5.74. The van der Waals surface area contributed by atoms with Crippen LogP contribution in [0.1, 0.15) is 46.5 Å². The van der Waals surface area contributed by atoms with Gasteiger partial charge >= 0.3 is 0 Å². The third-order valence-corrected chi connectivity index (χ3v) is 3.21. The van der Waals surface area contributed by atoms with Crippen LogP contribution in [0.3, 0.4) is 0 Å². The van der Waals surface area contributed by atoms with Gasteiger partial charge in [0.1, 0.15) is 11.6 Å². The number of Topliss-reactive ketones (excluding diaryl/α,β-unsaturated/α-hetero) is 2. The quantitative estimate of drug-likeness (QED) is 0.692. The molecule has 1 rings (SSSR count). The van der Waals surface area contributed by atoms with Crippen LogP contribution in [0.5, 0.6) is 0 Å². The number of carbonyl (C=O) groups is 2. The van der Waals surface area contributed by atoms with Crippen LogP contribution in [0.4, 0.5) is 0 Å². The molecular formula is C12H20O2. The molecule has 0 spiro atoms. The Hall–Kier alpha value is -0.660. The maximum Gasteiger partial charge on any atom is 0.139 e. The maximum atomic E-state index is 11.8. The van der Waals surface area contributed by atoms with Crippen LogP contribution >= 0.6 is 0 Å². The monoisotopic (exact) mass is 196 g/mol. The second-order valence-electron chi connectivity index (χ2n) is 4.52. The summed E-state index contributed by atoms with van der Waals surface area (Å²) in [7, 11) is 0. The van der Waals surface area contributed by atoms with E-state index in [2.05, 4.69) is 0 Å². The number of hydrogen-bond donors (Lipinski definition) is 0. The van der Waals surface area contributed by atoms with Gasteiger partial charge in [-0.3, -0.25) is 9.59 Å². The molecule has 0 aromatic heterocycles. The fourth-order valence-corrected chi connectivity index (χ4v) is 2.38.